The van der Waals surface area contributed by atoms with Gasteiger partial charge in [-0.05, 0) is 55.4 Å². The van der Waals surface area contributed by atoms with E-state index in [-0.39, 0.29) is 17.6 Å². The number of piperidine rings is 1. The number of pyridine rings is 1. The SMILES string of the molecule is CC(=O)C1CN(C(=O)c2cc(N3CCC(Cc4cccnc4N)CC3)ncn2)c2ccccc21. The van der Waals surface area contributed by atoms with Crippen LogP contribution in [0.15, 0.2) is 55.0 Å². The summed E-state index contributed by atoms with van der Waals surface area (Å²) in [5.41, 5.74) is 9.14. The van der Waals surface area contributed by atoms with E-state index in [1.54, 1.807) is 24.1 Å². The summed E-state index contributed by atoms with van der Waals surface area (Å²) < 4.78 is 0. The molecule has 0 spiro atoms. The van der Waals surface area contributed by atoms with Crippen LogP contribution in [0.25, 0.3) is 0 Å². The third kappa shape index (κ3) is 4.23. The molecular weight excluding hydrogens is 428 g/mol. The molecule has 1 fully saturated rings. The van der Waals surface area contributed by atoms with Crippen molar-refractivity contribution in [3.63, 3.8) is 0 Å². The lowest BCUT2D eigenvalue weighted by Crippen LogP contribution is -2.36. The minimum Gasteiger partial charge on any atom is -0.383 e. The second-order valence-electron chi connectivity index (χ2n) is 9.08. The van der Waals surface area contributed by atoms with Crippen LogP contribution in [0.5, 0.6) is 0 Å². The topological polar surface area (TPSA) is 105 Å². The number of ketones is 1. The van der Waals surface area contributed by atoms with Gasteiger partial charge >= 0.3 is 0 Å². The highest BCUT2D eigenvalue weighted by molar-refractivity contribution is 6.08. The van der Waals surface area contributed by atoms with Gasteiger partial charge in [-0.2, -0.15) is 0 Å². The van der Waals surface area contributed by atoms with Crippen molar-refractivity contribution in [2.75, 3.05) is 35.2 Å². The fraction of sp³-hybridized carbons (Fsp3) is 0.346. The molecule has 1 saturated heterocycles. The van der Waals surface area contributed by atoms with Gasteiger partial charge in [0.15, 0.2) is 0 Å². The summed E-state index contributed by atoms with van der Waals surface area (Å²) in [5.74, 6) is 1.46. The van der Waals surface area contributed by atoms with Gasteiger partial charge in [-0.25, -0.2) is 15.0 Å². The fourth-order valence-corrected chi connectivity index (χ4v) is 5.02. The van der Waals surface area contributed by atoms with Gasteiger partial charge in [0.2, 0.25) is 0 Å². The number of anilines is 3. The van der Waals surface area contributed by atoms with Crippen molar-refractivity contribution >= 4 is 29.0 Å². The summed E-state index contributed by atoms with van der Waals surface area (Å²) >= 11 is 0. The maximum absolute atomic E-state index is 13.4. The standard InChI is InChI=1S/C26H28N6O2/c1-17(33)21-15-32(23-7-3-2-6-20(21)23)26(34)22-14-24(30-16-29-22)31-11-8-18(9-12-31)13-19-5-4-10-28-25(19)27/h2-7,10,14,16,18,21H,8-9,11-13,15H2,1H3,(H2,27,28). The number of Topliss-reactive ketones (excluding diaryl/α,β-unsaturated/α-hetero) is 1. The second kappa shape index (κ2) is 9.21. The van der Waals surface area contributed by atoms with Crippen LogP contribution in [0.1, 0.15) is 47.3 Å². The zero-order valence-corrected chi connectivity index (χ0v) is 19.2. The van der Waals surface area contributed by atoms with Crippen molar-refractivity contribution in [3.05, 3.63) is 71.8 Å². The molecule has 1 atom stereocenters. The van der Waals surface area contributed by atoms with E-state index in [1.165, 1.54) is 6.33 Å². The maximum atomic E-state index is 13.4. The summed E-state index contributed by atoms with van der Waals surface area (Å²) in [5, 5.41) is 0. The average molecular weight is 457 g/mol. The molecule has 2 aliphatic rings. The molecule has 1 amide bonds. The Bertz CT molecular complexity index is 1220. The van der Waals surface area contributed by atoms with Crippen molar-refractivity contribution in [1.29, 1.82) is 0 Å². The number of fused-ring (bicyclic) bond motifs is 1. The number of rotatable bonds is 5. The molecule has 2 aromatic heterocycles. The third-order valence-corrected chi connectivity index (χ3v) is 6.95. The Morgan fingerprint density at radius 2 is 1.85 bits per heavy atom. The lowest BCUT2D eigenvalue weighted by molar-refractivity contribution is -0.118. The molecule has 0 radical (unpaired) electrons. The first-order valence-corrected chi connectivity index (χ1v) is 11.7. The van der Waals surface area contributed by atoms with Crippen LogP contribution in [0.3, 0.4) is 0 Å². The minimum absolute atomic E-state index is 0.0574. The second-order valence-corrected chi connectivity index (χ2v) is 9.08. The van der Waals surface area contributed by atoms with E-state index in [0.717, 1.165) is 55.0 Å². The number of para-hydroxylation sites is 1. The quantitative estimate of drug-likeness (QED) is 0.628. The van der Waals surface area contributed by atoms with E-state index >= 15 is 0 Å². The number of carbonyl (C=O) groups is 2. The van der Waals surface area contributed by atoms with E-state index in [9.17, 15) is 9.59 Å². The lowest BCUT2D eigenvalue weighted by Gasteiger charge is -2.33. The van der Waals surface area contributed by atoms with Gasteiger partial charge in [0.1, 0.15) is 29.4 Å². The van der Waals surface area contributed by atoms with Crippen molar-refractivity contribution < 1.29 is 9.59 Å². The molecule has 0 bridgehead atoms. The first-order chi connectivity index (χ1) is 16.5. The van der Waals surface area contributed by atoms with Crippen LogP contribution in [0.4, 0.5) is 17.3 Å². The molecule has 34 heavy (non-hydrogen) atoms. The van der Waals surface area contributed by atoms with Crippen LogP contribution < -0.4 is 15.5 Å². The van der Waals surface area contributed by atoms with Crippen LogP contribution in [-0.4, -0.2) is 46.3 Å². The Balaban J connectivity index is 1.28. The molecule has 2 aliphatic heterocycles. The van der Waals surface area contributed by atoms with Crippen molar-refractivity contribution in [2.45, 2.75) is 32.1 Å². The van der Waals surface area contributed by atoms with Gasteiger partial charge in [-0.1, -0.05) is 24.3 Å². The molecule has 3 aromatic rings. The van der Waals surface area contributed by atoms with Gasteiger partial charge < -0.3 is 15.5 Å². The first-order valence-electron chi connectivity index (χ1n) is 11.7. The zero-order valence-electron chi connectivity index (χ0n) is 19.2. The lowest BCUT2D eigenvalue weighted by atomic mass is 9.90. The fourth-order valence-electron chi connectivity index (χ4n) is 5.02. The Kier molecular flexibility index (Phi) is 5.96. The maximum Gasteiger partial charge on any atom is 0.277 e. The summed E-state index contributed by atoms with van der Waals surface area (Å²) in [6, 6.07) is 13.3. The first kappa shape index (κ1) is 22.0. The Hall–Kier alpha value is -3.81. The van der Waals surface area contributed by atoms with Gasteiger partial charge in [0.25, 0.3) is 5.91 Å². The van der Waals surface area contributed by atoms with Crippen molar-refractivity contribution in [1.82, 2.24) is 15.0 Å². The number of benzene rings is 1. The summed E-state index contributed by atoms with van der Waals surface area (Å²) in [6.07, 6.45) is 6.13. The molecular formula is C26H28N6O2. The average Bonchev–Trinajstić information content (AvgIpc) is 3.26. The summed E-state index contributed by atoms with van der Waals surface area (Å²) in [4.78, 5) is 42.3. The predicted molar refractivity (Wildman–Crippen MR) is 131 cm³/mol. The molecule has 1 unspecified atom stereocenters. The van der Waals surface area contributed by atoms with E-state index < -0.39 is 0 Å². The number of nitrogen functional groups attached to an aromatic ring is 1. The summed E-state index contributed by atoms with van der Waals surface area (Å²) in [6.45, 7) is 3.63. The van der Waals surface area contributed by atoms with E-state index in [4.69, 9.17) is 5.73 Å². The highest BCUT2D eigenvalue weighted by atomic mass is 16.2. The Morgan fingerprint density at radius 3 is 2.62 bits per heavy atom. The number of nitrogens with zero attached hydrogens (tertiary/aromatic N) is 5. The molecule has 174 valence electrons. The number of nitrogens with two attached hydrogens (primary N) is 1. The van der Waals surface area contributed by atoms with Crippen molar-refractivity contribution in [3.8, 4) is 0 Å². The van der Waals surface area contributed by atoms with E-state index in [1.807, 2.05) is 36.4 Å². The molecule has 4 heterocycles. The molecule has 0 saturated carbocycles. The van der Waals surface area contributed by atoms with Gasteiger partial charge in [-0.15, -0.1) is 0 Å². The molecule has 8 nitrogen and oxygen atoms in total. The Labute approximate surface area is 198 Å². The number of amides is 1. The Morgan fingerprint density at radius 1 is 1.06 bits per heavy atom. The minimum atomic E-state index is -0.297. The number of aromatic nitrogens is 3. The molecule has 0 aliphatic carbocycles. The normalized spacial score (nSPS) is 18.1. The van der Waals surface area contributed by atoms with Gasteiger partial charge in [-0.3, -0.25) is 9.59 Å². The van der Waals surface area contributed by atoms with Gasteiger partial charge in [0.05, 0.1) is 5.92 Å². The molecule has 1 aromatic carbocycles. The predicted octanol–water partition coefficient (Wildman–Crippen LogP) is 3.25. The highest BCUT2D eigenvalue weighted by Crippen LogP contribution is 2.37. The summed E-state index contributed by atoms with van der Waals surface area (Å²) in [7, 11) is 0. The van der Waals surface area contributed by atoms with Crippen LogP contribution in [-0.2, 0) is 11.2 Å². The van der Waals surface area contributed by atoms with Crippen LogP contribution in [0, 0.1) is 5.92 Å². The smallest absolute Gasteiger partial charge is 0.277 e. The number of hydrogen-bond donors (Lipinski definition) is 1. The largest absolute Gasteiger partial charge is 0.383 e. The molecule has 5 rings (SSSR count). The highest BCUT2D eigenvalue weighted by Gasteiger charge is 2.35. The molecule has 2 N–H and O–H groups in total. The van der Waals surface area contributed by atoms with E-state index in [0.29, 0.717) is 24.0 Å². The van der Waals surface area contributed by atoms with Crippen molar-refractivity contribution in [2.24, 2.45) is 5.92 Å². The zero-order chi connectivity index (χ0) is 23.7. The third-order valence-electron chi connectivity index (χ3n) is 6.95. The number of carbonyl (C=O) groups excluding carboxylic acids is 2. The van der Waals surface area contributed by atoms with Crippen LogP contribution in [0.2, 0.25) is 0 Å². The van der Waals surface area contributed by atoms with Gasteiger partial charge in [0, 0.05) is 37.6 Å². The monoisotopic (exact) mass is 456 g/mol. The van der Waals surface area contributed by atoms with Crippen LogP contribution >= 0.6 is 0 Å². The molecule has 8 heteroatoms. The van der Waals surface area contributed by atoms with E-state index in [2.05, 4.69) is 19.9 Å². The number of hydrogen-bond acceptors (Lipinski definition) is 7.